The number of hydrogen-bond donors (Lipinski definition) is 9. The van der Waals surface area contributed by atoms with E-state index in [9.17, 15) is 44.7 Å². The molecule has 3 aliphatic rings. The summed E-state index contributed by atoms with van der Waals surface area (Å²) < 4.78 is 31.6. The zero-order chi connectivity index (χ0) is 33.8. The minimum Gasteiger partial charge on any atom is -0.510 e. The summed E-state index contributed by atoms with van der Waals surface area (Å²) in [6, 6.07) is 1.58. The Morgan fingerprint density at radius 2 is 1.61 bits per heavy atom. The average molecular weight is 643 g/mol. The number of amides is 2. The van der Waals surface area contributed by atoms with Crippen LogP contribution in [0.25, 0.3) is 0 Å². The Bertz CT molecular complexity index is 1590. The zero-order valence-corrected chi connectivity index (χ0v) is 25.0. The molecule has 242 valence electrons. The number of carbonyl (C=O) groups is 4. The standard InChI is InChI=1S/C26H32N4O9.H2O4S/c1-9-10-6-7-11(28-12(31)8-29(2)3)19(32)14(10)20(33)15-13(9)21(34)17-18(30(4)5)22(35)16(25(27)38)24(37)26(17,39)23(15)36;1-5(2,3)4/h6-7,9,13,17-18,21,32,34-36,39H,8H2,1-5H3,(H2,27,38)(H,28,31);(H2,1,2,3,4)/t9?,13?,17?,18-,21?,26-;/m0./s1. The molecule has 0 fully saturated rings. The molecule has 3 aliphatic carbocycles. The van der Waals surface area contributed by atoms with E-state index in [1.54, 1.807) is 25.9 Å². The lowest BCUT2D eigenvalue weighted by Crippen LogP contribution is -2.68. The van der Waals surface area contributed by atoms with Gasteiger partial charge in [-0.05, 0) is 45.7 Å². The Balaban J connectivity index is 0.000000978. The molecule has 0 heterocycles. The summed E-state index contributed by atoms with van der Waals surface area (Å²) in [6.07, 6.45) is -1.68. The van der Waals surface area contributed by atoms with Gasteiger partial charge in [-0.25, -0.2) is 0 Å². The molecule has 0 saturated heterocycles. The summed E-state index contributed by atoms with van der Waals surface area (Å²) in [5.41, 5.74) is 0.792. The largest absolute Gasteiger partial charge is 0.510 e. The normalized spacial score (nSPS) is 28.2. The van der Waals surface area contributed by atoms with Gasteiger partial charge in [0.05, 0.1) is 35.9 Å². The number of fused-ring (bicyclic) bond motifs is 3. The molecule has 1 aromatic rings. The lowest BCUT2D eigenvalue weighted by molar-refractivity contribution is -0.162. The predicted octanol–water partition coefficient (Wildman–Crippen LogP) is -1.50. The fourth-order valence-electron chi connectivity index (χ4n) is 6.20. The van der Waals surface area contributed by atoms with Gasteiger partial charge in [0.2, 0.25) is 11.7 Å². The highest BCUT2D eigenvalue weighted by molar-refractivity contribution is 7.79. The number of nitrogens with one attached hydrogen (secondary N) is 1. The first-order valence-corrected chi connectivity index (χ1v) is 14.3. The van der Waals surface area contributed by atoms with Crippen molar-refractivity contribution < 1.29 is 62.2 Å². The van der Waals surface area contributed by atoms with Crippen molar-refractivity contribution in [2.75, 3.05) is 40.1 Å². The summed E-state index contributed by atoms with van der Waals surface area (Å²) >= 11 is 0. The highest BCUT2D eigenvalue weighted by Crippen LogP contribution is 2.56. The highest BCUT2D eigenvalue weighted by Gasteiger charge is 2.67. The van der Waals surface area contributed by atoms with Crippen molar-refractivity contribution in [2.24, 2.45) is 17.6 Å². The van der Waals surface area contributed by atoms with Crippen LogP contribution in [0.3, 0.4) is 0 Å². The Labute approximate surface area is 251 Å². The molecule has 0 aliphatic heterocycles. The molecule has 0 bridgehead atoms. The van der Waals surface area contributed by atoms with E-state index in [1.165, 1.54) is 31.1 Å². The molecule has 0 spiro atoms. The topological polar surface area (TPSA) is 289 Å². The van der Waals surface area contributed by atoms with Gasteiger partial charge < -0.3 is 41.5 Å². The van der Waals surface area contributed by atoms with E-state index in [2.05, 4.69) is 5.32 Å². The number of nitrogens with zero attached hydrogens (tertiary/aromatic N) is 2. The predicted molar refractivity (Wildman–Crippen MR) is 151 cm³/mol. The summed E-state index contributed by atoms with van der Waals surface area (Å²) in [4.78, 5) is 54.5. The lowest BCUT2D eigenvalue weighted by atomic mass is 9.55. The van der Waals surface area contributed by atoms with E-state index in [0.717, 1.165) is 0 Å². The molecule has 17 nitrogen and oxygen atoms in total. The molecular formula is C26H34N4O13S. The number of aliphatic hydroxyl groups excluding tert-OH is 3. The quantitative estimate of drug-likeness (QED) is 0.100. The monoisotopic (exact) mass is 642 g/mol. The summed E-state index contributed by atoms with van der Waals surface area (Å²) in [6.45, 7) is 1.62. The van der Waals surface area contributed by atoms with Crippen LogP contribution in [0, 0.1) is 11.8 Å². The Kier molecular flexibility index (Phi) is 9.34. The van der Waals surface area contributed by atoms with Gasteiger partial charge in [-0.2, -0.15) is 8.42 Å². The van der Waals surface area contributed by atoms with Crippen molar-refractivity contribution in [1.82, 2.24) is 9.80 Å². The van der Waals surface area contributed by atoms with E-state index >= 15 is 0 Å². The van der Waals surface area contributed by atoms with Crippen molar-refractivity contribution in [1.29, 1.82) is 0 Å². The number of aliphatic hydroxyl groups is 4. The van der Waals surface area contributed by atoms with Gasteiger partial charge in [-0.1, -0.05) is 13.0 Å². The number of aromatic hydroxyl groups is 1. The van der Waals surface area contributed by atoms with Crippen LogP contribution in [-0.2, 0) is 24.8 Å². The van der Waals surface area contributed by atoms with Gasteiger partial charge >= 0.3 is 10.4 Å². The molecule has 0 radical (unpaired) electrons. The number of carbonyl (C=O) groups excluding carboxylic acids is 4. The smallest absolute Gasteiger partial charge is 0.394 e. The molecule has 1 aromatic carbocycles. The van der Waals surface area contributed by atoms with Crippen LogP contribution in [-0.4, -0.2) is 129 Å². The molecule has 6 atom stereocenters. The number of ketones is 2. The molecule has 18 heteroatoms. The Hall–Kier alpha value is -3.91. The number of phenols is 1. The number of Topliss-reactive ketones (excluding diaryl/α,β-unsaturated/α-hetero) is 2. The lowest BCUT2D eigenvalue weighted by Gasteiger charge is -2.53. The summed E-state index contributed by atoms with van der Waals surface area (Å²) in [5.74, 6) is -10.2. The summed E-state index contributed by atoms with van der Waals surface area (Å²) in [7, 11) is 1.61. The molecule has 10 N–H and O–H groups in total. The van der Waals surface area contributed by atoms with Gasteiger partial charge in [-0.15, -0.1) is 0 Å². The van der Waals surface area contributed by atoms with E-state index < -0.39 is 97.7 Å². The minimum absolute atomic E-state index is 0.00673. The number of primary amides is 1. The van der Waals surface area contributed by atoms with Crippen LogP contribution in [0.1, 0.15) is 28.8 Å². The summed E-state index contributed by atoms with van der Waals surface area (Å²) in [5, 5.41) is 59.0. The third-order valence-corrected chi connectivity index (χ3v) is 7.87. The van der Waals surface area contributed by atoms with Gasteiger partial charge in [0.25, 0.3) is 5.91 Å². The number of likely N-dealkylation sites (N-methyl/N-ethyl adjacent to an activating group) is 2. The molecule has 0 saturated carbocycles. The number of hydrogen-bond acceptors (Lipinski definition) is 13. The van der Waals surface area contributed by atoms with Crippen LogP contribution in [0.4, 0.5) is 5.69 Å². The molecule has 2 amide bonds. The van der Waals surface area contributed by atoms with Crippen LogP contribution in [0.5, 0.6) is 5.75 Å². The average Bonchev–Trinajstić information content (AvgIpc) is 2.85. The third kappa shape index (κ3) is 5.80. The maximum absolute atomic E-state index is 13.8. The zero-order valence-electron chi connectivity index (χ0n) is 24.2. The second-order valence-corrected chi connectivity index (χ2v) is 12.1. The number of nitrogens with two attached hydrogens (primary N) is 1. The maximum atomic E-state index is 13.8. The van der Waals surface area contributed by atoms with Gasteiger partial charge in [0, 0.05) is 11.5 Å². The highest BCUT2D eigenvalue weighted by atomic mass is 32.3. The van der Waals surface area contributed by atoms with Gasteiger partial charge in [0.1, 0.15) is 17.1 Å². The van der Waals surface area contributed by atoms with E-state index in [-0.39, 0.29) is 17.8 Å². The molecular weight excluding hydrogens is 608 g/mol. The molecule has 4 unspecified atom stereocenters. The third-order valence-electron chi connectivity index (χ3n) is 7.87. The first-order chi connectivity index (χ1) is 20.1. The van der Waals surface area contributed by atoms with Gasteiger partial charge in [-0.3, -0.25) is 33.2 Å². The van der Waals surface area contributed by atoms with Crippen LogP contribution >= 0.6 is 0 Å². The first-order valence-electron chi connectivity index (χ1n) is 12.9. The minimum atomic E-state index is -4.67. The van der Waals surface area contributed by atoms with E-state index in [0.29, 0.717) is 5.56 Å². The number of rotatable bonds is 5. The second-order valence-electron chi connectivity index (χ2n) is 11.2. The number of benzene rings is 1. The van der Waals surface area contributed by atoms with Crippen molar-refractivity contribution in [3.63, 3.8) is 0 Å². The van der Waals surface area contributed by atoms with E-state index in [4.69, 9.17) is 23.3 Å². The van der Waals surface area contributed by atoms with Crippen LogP contribution in [0.2, 0.25) is 0 Å². The van der Waals surface area contributed by atoms with Crippen LogP contribution in [0.15, 0.2) is 34.8 Å². The van der Waals surface area contributed by atoms with Crippen molar-refractivity contribution >= 4 is 39.5 Å². The SMILES string of the molecule is CC1c2ccc(NC(=O)CN(C)C)c(O)c2C(=O)C2=C(O)[C@]3(O)C(=O)C(C(N)=O)=C(O)[C@@H](N(C)C)C3C(O)C21.O=S(=O)(O)O. The Morgan fingerprint density at radius 3 is 2.09 bits per heavy atom. The number of anilines is 1. The fourth-order valence-corrected chi connectivity index (χ4v) is 6.20. The van der Waals surface area contributed by atoms with E-state index in [1.807, 2.05) is 0 Å². The molecule has 4 rings (SSSR count). The van der Waals surface area contributed by atoms with Gasteiger partial charge in [0.15, 0.2) is 17.1 Å². The van der Waals surface area contributed by atoms with Crippen molar-refractivity contribution in [3.8, 4) is 5.75 Å². The molecule has 0 aromatic heterocycles. The first kappa shape index (κ1) is 34.6. The van der Waals surface area contributed by atoms with Crippen molar-refractivity contribution in [3.05, 3.63) is 45.9 Å². The maximum Gasteiger partial charge on any atom is 0.394 e. The fraction of sp³-hybridized carbons (Fsp3) is 0.462. The molecule has 44 heavy (non-hydrogen) atoms. The van der Waals surface area contributed by atoms with Crippen LogP contribution < -0.4 is 11.1 Å². The number of phenolic OH excluding ortho intramolecular Hbond substituents is 1. The van der Waals surface area contributed by atoms with Crippen molar-refractivity contribution in [2.45, 2.75) is 30.6 Å². The Morgan fingerprint density at radius 1 is 1.07 bits per heavy atom. The second kappa shape index (κ2) is 11.9.